The molecule has 1 unspecified atom stereocenters. The summed E-state index contributed by atoms with van der Waals surface area (Å²) in [6, 6.07) is 9.50. The quantitative estimate of drug-likeness (QED) is 0.381. The number of ether oxygens (including phenoxy) is 1. The Balaban J connectivity index is 0.00000364. The Morgan fingerprint density at radius 2 is 1.78 bits per heavy atom. The van der Waals surface area contributed by atoms with Crippen LogP contribution in [0, 0.1) is 0 Å². The van der Waals surface area contributed by atoms with Crippen molar-refractivity contribution in [2.75, 3.05) is 19.6 Å². The van der Waals surface area contributed by atoms with Gasteiger partial charge in [0.15, 0.2) is 5.96 Å². The van der Waals surface area contributed by atoms with Gasteiger partial charge in [-0.1, -0.05) is 43.2 Å². The average Bonchev–Trinajstić information content (AvgIpc) is 2.87. The number of nitrogens with one attached hydrogen (secondary N) is 1. The number of amides is 1. The van der Waals surface area contributed by atoms with E-state index in [1.54, 1.807) is 0 Å². The third kappa shape index (κ3) is 8.81. The number of carbonyl (C=O) groups is 1. The number of hydrogen-bond donors (Lipinski definition) is 2. The Morgan fingerprint density at radius 1 is 1.19 bits per heavy atom. The van der Waals surface area contributed by atoms with Crippen LogP contribution in [0.15, 0.2) is 35.3 Å². The predicted octanol–water partition coefficient (Wildman–Crippen LogP) is 4.06. The van der Waals surface area contributed by atoms with Crippen molar-refractivity contribution in [2.24, 2.45) is 10.7 Å². The summed E-state index contributed by atoms with van der Waals surface area (Å²) in [5, 5.41) is 2.92. The van der Waals surface area contributed by atoms with Crippen LogP contribution in [0.4, 0.5) is 4.79 Å². The molecule has 0 radical (unpaired) electrons. The van der Waals surface area contributed by atoms with E-state index in [9.17, 15) is 4.79 Å². The van der Waals surface area contributed by atoms with Gasteiger partial charge < -0.3 is 20.7 Å². The van der Waals surface area contributed by atoms with E-state index in [4.69, 9.17) is 10.5 Å². The molecular formula is C20H33IN4O2. The zero-order valence-electron chi connectivity index (χ0n) is 16.6. The van der Waals surface area contributed by atoms with Crippen molar-refractivity contribution in [2.45, 2.75) is 58.1 Å². The highest BCUT2D eigenvalue weighted by molar-refractivity contribution is 14.0. The zero-order chi connectivity index (χ0) is 19.0. The number of rotatable bonds is 4. The number of guanidine groups is 1. The monoisotopic (exact) mass is 488 g/mol. The first-order valence-electron chi connectivity index (χ1n) is 9.44. The molecule has 0 aromatic heterocycles. The number of alkyl carbamates (subject to hydrolysis) is 1. The average molecular weight is 488 g/mol. The molecular weight excluding hydrogens is 455 g/mol. The van der Waals surface area contributed by atoms with Gasteiger partial charge >= 0.3 is 6.09 Å². The largest absolute Gasteiger partial charge is 0.444 e. The molecule has 1 aromatic rings. The van der Waals surface area contributed by atoms with Gasteiger partial charge in [-0.05, 0) is 39.2 Å². The minimum absolute atomic E-state index is 0. The van der Waals surface area contributed by atoms with Gasteiger partial charge in [-0.2, -0.15) is 0 Å². The molecule has 0 bridgehead atoms. The molecule has 1 aromatic carbocycles. The molecule has 1 saturated heterocycles. The highest BCUT2D eigenvalue weighted by Crippen LogP contribution is 2.16. The maximum atomic E-state index is 12.2. The number of aliphatic imine (C=N–C) groups is 1. The topological polar surface area (TPSA) is 79.9 Å². The standard InChI is InChI=1S/C20H32N4O2.HI/c1-20(2,3)26-19(25)23-17(16-11-7-6-8-12-16)15-22-18(21)24-13-9-4-5-10-14-24;/h6-8,11-12,17H,4-5,9-10,13-15H2,1-3H3,(H2,21,22)(H,23,25);1H. The molecule has 27 heavy (non-hydrogen) atoms. The summed E-state index contributed by atoms with van der Waals surface area (Å²) in [5.74, 6) is 0.554. The lowest BCUT2D eigenvalue weighted by molar-refractivity contribution is 0.0505. The number of halogens is 1. The molecule has 3 N–H and O–H groups in total. The SMILES string of the molecule is CC(C)(C)OC(=O)NC(CN=C(N)N1CCCCCC1)c1ccccc1.I. The van der Waals surface area contributed by atoms with E-state index in [1.807, 2.05) is 51.1 Å². The molecule has 0 aliphatic carbocycles. The second kappa shape index (κ2) is 11.4. The summed E-state index contributed by atoms with van der Waals surface area (Å²) in [7, 11) is 0. The highest BCUT2D eigenvalue weighted by Gasteiger charge is 2.21. The molecule has 2 rings (SSSR count). The van der Waals surface area contributed by atoms with E-state index in [-0.39, 0.29) is 30.0 Å². The summed E-state index contributed by atoms with van der Waals surface area (Å²) >= 11 is 0. The first kappa shape index (κ1) is 23.5. The summed E-state index contributed by atoms with van der Waals surface area (Å²) < 4.78 is 5.39. The van der Waals surface area contributed by atoms with Crippen LogP contribution < -0.4 is 11.1 Å². The molecule has 6 nitrogen and oxygen atoms in total. The van der Waals surface area contributed by atoms with Crippen LogP contribution in [-0.2, 0) is 4.74 Å². The van der Waals surface area contributed by atoms with Crippen molar-refractivity contribution in [1.29, 1.82) is 0 Å². The van der Waals surface area contributed by atoms with Gasteiger partial charge in [0.2, 0.25) is 0 Å². The summed E-state index contributed by atoms with van der Waals surface area (Å²) in [4.78, 5) is 18.9. The van der Waals surface area contributed by atoms with E-state index in [1.165, 1.54) is 12.8 Å². The third-order valence-electron chi connectivity index (χ3n) is 4.26. The molecule has 0 spiro atoms. The summed E-state index contributed by atoms with van der Waals surface area (Å²) in [6.07, 6.45) is 4.34. The van der Waals surface area contributed by atoms with Gasteiger partial charge in [-0.15, -0.1) is 24.0 Å². The van der Waals surface area contributed by atoms with E-state index in [0.717, 1.165) is 31.5 Å². The lowest BCUT2D eigenvalue weighted by atomic mass is 10.1. The fourth-order valence-electron chi connectivity index (χ4n) is 2.95. The number of nitrogens with two attached hydrogens (primary N) is 1. The van der Waals surface area contributed by atoms with Gasteiger partial charge in [0.1, 0.15) is 5.60 Å². The van der Waals surface area contributed by atoms with Crippen LogP contribution in [-0.4, -0.2) is 42.2 Å². The molecule has 1 aliphatic heterocycles. The number of nitrogens with zero attached hydrogens (tertiary/aromatic N) is 2. The van der Waals surface area contributed by atoms with Gasteiger partial charge in [-0.25, -0.2) is 4.79 Å². The van der Waals surface area contributed by atoms with Crippen molar-refractivity contribution in [3.63, 3.8) is 0 Å². The molecule has 0 saturated carbocycles. The van der Waals surface area contributed by atoms with Crippen molar-refractivity contribution in [3.05, 3.63) is 35.9 Å². The van der Waals surface area contributed by atoms with Crippen molar-refractivity contribution < 1.29 is 9.53 Å². The fourth-order valence-corrected chi connectivity index (χ4v) is 2.95. The molecule has 152 valence electrons. The lowest BCUT2D eigenvalue weighted by Gasteiger charge is -2.24. The molecule has 1 fully saturated rings. The Labute approximate surface area is 179 Å². The number of likely N-dealkylation sites (tertiary alicyclic amines) is 1. The first-order chi connectivity index (χ1) is 12.3. The van der Waals surface area contributed by atoms with Crippen LogP contribution in [0.5, 0.6) is 0 Å². The van der Waals surface area contributed by atoms with Crippen LogP contribution in [0.2, 0.25) is 0 Å². The second-order valence-corrected chi connectivity index (χ2v) is 7.71. The molecule has 1 heterocycles. The Hall–Kier alpha value is -1.51. The number of benzene rings is 1. The van der Waals surface area contributed by atoms with Crippen molar-refractivity contribution >= 4 is 36.0 Å². The van der Waals surface area contributed by atoms with E-state index in [2.05, 4.69) is 15.2 Å². The molecule has 7 heteroatoms. The third-order valence-corrected chi connectivity index (χ3v) is 4.26. The fraction of sp³-hybridized carbons (Fsp3) is 0.600. The molecule has 1 aliphatic rings. The summed E-state index contributed by atoms with van der Waals surface area (Å²) in [5.41, 5.74) is 6.64. The van der Waals surface area contributed by atoms with E-state index >= 15 is 0 Å². The normalized spacial score (nSPS) is 16.7. The molecule has 1 amide bonds. The smallest absolute Gasteiger partial charge is 0.408 e. The molecule has 1 atom stereocenters. The lowest BCUT2D eigenvalue weighted by Crippen LogP contribution is -2.39. The maximum absolute atomic E-state index is 12.2. The number of carbonyl (C=O) groups excluding carboxylic acids is 1. The first-order valence-corrected chi connectivity index (χ1v) is 9.44. The number of hydrogen-bond acceptors (Lipinski definition) is 3. The van der Waals surface area contributed by atoms with Crippen LogP contribution in [0.3, 0.4) is 0 Å². The Kier molecular flexibility index (Phi) is 9.90. The Morgan fingerprint density at radius 3 is 2.33 bits per heavy atom. The van der Waals surface area contributed by atoms with Gasteiger partial charge in [0.25, 0.3) is 0 Å². The van der Waals surface area contributed by atoms with Crippen LogP contribution in [0.1, 0.15) is 58.1 Å². The van der Waals surface area contributed by atoms with E-state index < -0.39 is 11.7 Å². The van der Waals surface area contributed by atoms with Crippen molar-refractivity contribution in [3.8, 4) is 0 Å². The van der Waals surface area contributed by atoms with Gasteiger partial charge in [-0.3, -0.25) is 4.99 Å². The predicted molar refractivity (Wildman–Crippen MR) is 120 cm³/mol. The summed E-state index contributed by atoms with van der Waals surface area (Å²) in [6.45, 7) is 7.82. The van der Waals surface area contributed by atoms with E-state index in [0.29, 0.717) is 12.5 Å². The maximum Gasteiger partial charge on any atom is 0.408 e. The van der Waals surface area contributed by atoms with Crippen LogP contribution in [0.25, 0.3) is 0 Å². The minimum Gasteiger partial charge on any atom is -0.444 e. The zero-order valence-corrected chi connectivity index (χ0v) is 18.9. The minimum atomic E-state index is -0.542. The van der Waals surface area contributed by atoms with Crippen molar-refractivity contribution in [1.82, 2.24) is 10.2 Å². The highest BCUT2D eigenvalue weighted by atomic mass is 127. The Bertz CT molecular complexity index is 594. The van der Waals surface area contributed by atoms with Gasteiger partial charge in [0, 0.05) is 13.1 Å². The second-order valence-electron chi connectivity index (χ2n) is 7.71. The van der Waals surface area contributed by atoms with Crippen LogP contribution >= 0.6 is 24.0 Å². The van der Waals surface area contributed by atoms with Gasteiger partial charge in [0.05, 0.1) is 12.6 Å².